The maximum atomic E-state index is 12.9. The monoisotopic (exact) mass is 311 g/mol. The maximum absolute atomic E-state index is 12.9. The van der Waals surface area contributed by atoms with Gasteiger partial charge in [0.15, 0.2) is 0 Å². The summed E-state index contributed by atoms with van der Waals surface area (Å²) in [6, 6.07) is 4.07. The second kappa shape index (κ2) is 9.09. The molecular weight excluding hydrogens is 296 g/mol. The van der Waals surface area contributed by atoms with E-state index < -0.39 is 11.8 Å². The first kappa shape index (κ1) is 18.1. The second-order valence-corrected chi connectivity index (χ2v) is 4.24. The molecule has 1 rings (SSSR count). The van der Waals surface area contributed by atoms with Crippen LogP contribution < -0.4 is 0 Å². The average Bonchev–Trinajstić information content (AvgIpc) is 2.29. The van der Waals surface area contributed by atoms with Crippen LogP contribution in [0.3, 0.4) is 0 Å². The minimum absolute atomic E-state index is 0. The highest BCUT2D eigenvalue weighted by Gasteiger charge is 2.12. The van der Waals surface area contributed by atoms with Crippen molar-refractivity contribution in [3.05, 3.63) is 34.6 Å². The van der Waals surface area contributed by atoms with Crippen molar-refractivity contribution in [3.63, 3.8) is 0 Å². The molecule has 0 saturated heterocycles. The van der Waals surface area contributed by atoms with Crippen LogP contribution in [0.15, 0.2) is 18.2 Å². The zero-order chi connectivity index (χ0) is 13.5. The average molecular weight is 312 g/mol. The fraction of sp³-hybridized carbons (Fsp3) is 0.417. The molecule has 0 spiro atoms. The molecule has 0 fully saturated rings. The number of benzene rings is 1. The Hall–Kier alpha value is -0.880. The number of halogens is 3. The molecule has 0 heterocycles. The highest BCUT2D eigenvalue weighted by Crippen LogP contribution is 2.18. The molecule has 0 aliphatic heterocycles. The first-order valence-corrected chi connectivity index (χ1v) is 5.77. The lowest BCUT2D eigenvalue weighted by atomic mass is 10.2. The predicted molar refractivity (Wildman–Crippen MR) is 73.4 cm³/mol. The van der Waals surface area contributed by atoms with Gasteiger partial charge in [0.25, 0.3) is 0 Å². The molecule has 0 amide bonds. The van der Waals surface area contributed by atoms with Gasteiger partial charge >= 0.3 is 5.97 Å². The summed E-state index contributed by atoms with van der Waals surface area (Å²) in [6.07, 6.45) is 0. The molecule has 1 N–H and O–H groups in total. The lowest BCUT2D eigenvalue weighted by Gasteiger charge is -2.20. The number of hydrogen-bond donors (Lipinski definition) is 1. The van der Waals surface area contributed by atoms with Gasteiger partial charge in [-0.25, -0.2) is 4.39 Å². The molecule has 1 aromatic rings. The predicted octanol–water partition coefficient (Wildman–Crippen LogP) is 2.43. The van der Waals surface area contributed by atoms with E-state index in [-0.39, 0.29) is 19.0 Å². The highest BCUT2D eigenvalue weighted by atomic mass is 35.5. The van der Waals surface area contributed by atoms with Crippen molar-refractivity contribution in [2.24, 2.45) is 0 Å². The van der Waals surface area contributed by atoms with Crippen LogP contribution in [0, 0.1) is 5.82 Å². The molecule has 4 nitrogen and oxygen atoms in total. The Kier molecular flexibility index (Phi) is 8.67. The van der Waals surface area contributed by atoms with E-state index in [1.54, 1.807) is 18.1 Å². The van der Waals surface area contributed by atoms with E-state index in [2.05, 4.69) is 0 Å². The van der Waals surface area contributed by atoms with Gasteiger partial charge in [0.05, 0.1) is 13.2 Å². The lowest BCUT2D eigenvalue weighted by molar-refractivity contribution is -0.138. The van der Waals surface area contributed by atoms with Crippen molar-refractivity contribution in [2.45, 2.75) is 6.54 Å². The summed E-state index contributed by atoms with van der Waals surface area (Å²) in [5, 5.41) is 9.09. The summed E-state index contributed by atoms with van der Waals surface area (Å²) in [7, 11) is 1.55. The van der Waals surface area contributed by atoms with Crippen LogP contribution in [-0.4, -0.2) is 42.8 Å². The molecule has 0 radical (unpaired) electrons. The van der Waals surface area contributed by atoms with Gasteiger partial charge in [-0.3, -0.25) is 9.69 Å². The molecule has 19 heavy (non-hydrogen) atoms. The van der Waals surface area contributed by atoms with Gasteiger partial charge in [-0.05, 0) is 17.7 Å². The minimum Gasteiger partial charge on any atom is -0.480 e. The van der Waals surface area contributed by atoms with Gasteiger partial charge in [-0.1, -0.05) is 17.7 Å². The Balaban J connectivity index is 0.00000324. The Labute approximate surface area is 122 Å². The standard InChI is InChI=1S/C12H15ClFNO3.ClH/c1-18-5-4-15(8-12(16)17)7-9-2-3-10(14)6-11(9)13;/h2-3,6H,4-5,7-8H2,1H3,(H,16,17);1H. The van der Waals surface area contributed by atoms with Crippen LogP contribution >= 0.6 is 24.0 Å². The molecule has 0 saturated carbocycles. The fourth-order valence-electron chi connectivity index (χ4n) is 1.52. The van der Waals surface area contributed by atoms with Crippen molar-refractivity contribution < 1.29 is 19.0 Å². The van der Waals surface area contributed by atoms with Crippen molar-refractivity contribution in [3.8, 4) is 0 Å². The van der Waals surface area contributed by atoms with E-state index in [1.165, 1.54) is 12.1 Å². The SMILES string of the molecule is COCCN(CC(=O)O)Cc1ccc(F)cc1Cl.Cl. The number of aliphatic carboxylic acids is 1. The molecule has 0 atom stereocenters. The van der Waals surface area contributed by atoms with Crippen LogP contribution in [0.5, 0.6) is 0 Å². The molecule has 0 aliphatic rings. The van der Waals surface area contributed by atoms with Crippen LogP contribution in [0.25, 0.3) is 0 Å². The number of carbonyl (C=O) groups is 1. The van der Waals surface area contributed by atoms with Crippen LogP contribution in [-0.2, 0) is 16.1 Å². The van der Waals surface area contributed by atoms with Crippen molar-refractivity contribution >= 4 is 30.0 Å². The first-order valence-electron chi connectivity index (χ1n) is 5.40. The topological polar surface area (TPSA) is 49.8 Å². The Morgan fingerprint density at radius 3 is 2.74 bits per heavy atom. The van der Waals surface area contributed by atoms with E-state index >= 15 is 0 Å². The number of carboxylic acid groups (broad SMARTS) is 1. The largest absolute Gasteiger partial charge is 0.480 e. The molecule has 0 aromatic heterocycles. The number of rotatable bonds is 7. The van der Waals surface area contributed by atoms with Crippen molar-refractivity contribution in [1.29, 1.82) is 0 Å². The normalized spacial score (nSPS) is 10.3. The molecule has 0 bridgehead atoms. The Bertz CT molecular complexity index is 418. The van der Waals surface area contributed by atoms with Crippen LogP contribution in [0.4, 0.5) is 4.39 Å². The van der Waals surface area contributed by atoms with Crippen molar-refractivity contribution in [1.82, 2.24) is 4.90 Å². The summed E-state index contributed by atoms with van der Waals surface area (Å²) in [5.41, 5.74) is 0.690. The van der Waals surface area contributed by atoms with Gasteiger partial charge in [0.1, 0.15) is 5.82 Å². The van der Waals surface area contributed by atoms with Crippen LogP contribution in [0.2, 0.25) is 5.02 Å². The van der Waals surface area contributed by atoms with Gasteiger partial charge < -0.3 is 9.84 Å². The highest BCUT2D eigenvalue weighted by molar-refractivity contribution is 6.31. The van der Waals surface area contributed by atoms with E-state index in [0.717, 1.165) is 0 Å². The second-order valence-electron chi connectivity index (χ2n) is 3.83. The van der Waals surface area contributed by atoms with Gasteiger partial charge in [0.2, 0.25) is 0 Å². The number of carboxylic acids is 1. The van der Waals surface area contributed by atoms with E-state index in [4.69, 9.17) is 21.4 Å². The first-order chi connectivity index (χ1) is 8.52. The van der Waals surface area contributed by atoms with Gasteiger partial charge in [0, 0.05) is 25.2 Å². The number of hydrogen-bond acceptors (Lipinski definition) is 3. The van der Waals surface area contributed by atoms with E-state index in [0.29, 0.717) is 30.3 Å². The molecular formula is C12H16Cl2FNO3. The molecule has 1 aromatic carbocycles. The Morgan fingerprint density at radius 1 is 1.53 bits per heavy atom. The van der Waals surface area contributed by atoms with E-state index in [9.17, 15) is 9.18 Å². The molecule has 108 valence electrons. The van der Waals surface area contributed by atoms with Gasteiger partial charge in [-0.15, -0.1) is 12.4 Å². The summed E-state index contributed by atoms with van der Waals surface area (Å²) >= 11 is 5.90. The minimum atomic E-state index is -0.927. The molecule has 7 heteroatoms. The summed E-state index contributed by atoms with van der Waals surface area (Å²) in [6.45, 7) is 1.12. The maximum Gasteiger partial charge on any atom is 0.317 e. The Morgan fingerprint density at radius 2 is 2.21 bits per heavy atom. The zero-order valence-corrected chi connectivity index (χ0v) is 12.0. The third kappa shape index (κ3) is 6.73. The summed E-state index contributed by atoms with van der Waals surface area (Å²) in [4.78, 5) is 12.4. The molecule has 0 aliphatic carbocycles. The molecule has 0 unspecified atom stereocenters. The fourth-order valence-corrected chi connectivity index (χ4v) is 1.74. The lowest BCUT2D eigenvalue weighted by Crippen LogP contribution is -2.32. The summed E-state index contributed by atoms with van der Waals surface area (Å²) in [5.74, 6) is -1.34. The third-order valence-electron chi connectivity index (χ3n) is 2.38. The number of ether oxygens (including phenoxy) is 1. The quantitative estimate of drug-likeness (QED) is 0.840. The number of methoxy groups -OCH3 is 1. The number of nitrogens with zero attached hydrogens (tertiary/aromatic N) is 1. The third-order valence-corrected chi connectivity index (χ3v) is 2.73. The smallest absolute Gasteiger partial charge is 0.317 e. The van der Waals surface area contributed by atoms with Gasteiger partial charge in [-0.2, -0.15) is 0 Å². The zero-order valence-electron chi connectivity index (χ0n) is 10.4. The van der Waals surface area contributed by atoms with E-state index in [1.807, 2.05) is 0 Å². The van der Waals surface area contributed by atoms with Crippen molar-refractivity contribution in [2.75, 3.05) is 26.8 Å². The van der Waals surface area contributed by atoms with Crippen LogP contribution in [0.1, 0.15) is 5.56 Å². The summed E-state index contributed by atoms with van der Waals surface area (Å²) < 4.78 is 17.8.